The molecular weight excluding hydrogens is 363 g/mol. The molecule has 0 atom stereocenters. The molecule has 1 fully saturated rings. The molecule has 0 bridgehead atoms. The highest BCUT2D eigenvalue weighted by Gasteiger charge is 2.25. The van der Waals surface area contributed by atoms with E-state index in [1.54, 1.807) is 0 Å². The Morgan fingerprint density at radius 1 is 1.22 bits per heavy atom. The Kier molecular flexibility index (Phi) is 6.31. The summed E-state index contributed by atoms with van der Waals surface area (Å²) >= 11 is 11.6. The highest BCUT2D eigenvalue weighted by molar-refractivity contribution is 7.86. The molecule has 0 heterocycles. The third-order valence-electron chi connectivity index (χ3n) is 4.01. The van der Waals surface area contributed by atoms with Crippen LogP contribution in [-0.4, -0.2) is 25.5 Å². The van der Waals surface area contributed by atoms with Crippen molar-refractivity contribution in [2.75, 3.05) is 6.61 Å². The van der Waals surface area contributed by atoms with Crippen LogP contribution in [0.5, 0.6) is 0 Å². The third kappa shape index (κ3) is 4.83. The number of halogens is 2. The van der Waals surface area contributed by atoms with Gasteiger partial charge in [0.25, 0.3) is 10.1 Å². The minimum Gasteiger partial charge on any atom is -0.462 e. The lowest BCUT2D eigenvalue weighted by Gasteiger charge is -2.21. The predicted octanol–water partition coefficient (Wildman–Crippen LogP) is 4.37. The van der Waals surface area contributed by atoms with Gasteiger partial charge in [-0.2, -0.15) is 8.42 Å². The summed E-state index contributed by atoms with van der Waals surface area (Å²) in [4.78, 5) is 11.4. The average Bonchev–Trinajstić information content (AvgIpc) is 2.47. The van der Waals surface area contributed by atoms with Crippen LogP contribution in [0.2, 0.25) is 10.0 Å². The normalized spacial score (nSPS) is 16.3. The zero-order valence-corrected chi connectivity index (χ0v) is 14.8. The molecule has 5 nitrogen and oxygen atoms in total. The van der Waals surface area contributed by atoms with E-state index in [-0.39, 0.29) is 17.2 Å². The van der Waals surface area contributed by atoms with Gasteiger partial charge in [-0.05, 0) is 24.5 Å². The van der Waals surface area contributed by atoms with Gasteiger partial charge < -0.3 is 4.74 Å². The van der Waals surface area contributed by atoms with E-state index in [9.17, 15) is 13.2 Å². The summed E-state index contributed by atoms with van der Waals surface area (Å²) in [5.41, 5.74) is -0.132. The molecule has 1 saturated carbocycles. The maximum Gasteiger partial charge on any atom is 0.339 e. The Morgan fingerprint density at radius 3 is 2.48 bits per heavy atom. The monoisotopic (exact) mass is 380 g/mol. The van der Waals surface area contributed by atoms with Gasteiger partial charge in [-0.1, -0.05) is 55.3 Å². The average molecular weight is 381 g/mol. The van der Waals surface area contributed by atoms with Crippen LogP contribution >= 0.6 is 23.2 Å². The van der Waals surface area contributed by atoms with Crippen molar-refractivity contribution >= 4 is 39.3 Å². The number of benzene rings is 1. The second-order valence-corrected chi connectivity index (χ2v) is 7.79. The van der Waals surface area contributed by atoms with E-state index in [2.05, 4.69) is 0 Å². The lowest BCUT2D eigenvalue weighted by molar-refractivity contribution is 0.0475. The van der Waals surface area contributed by atoms with E-state index in [0.717, 1.165) is 19.3 Å². The lowest BCUT2D eigenvalue weighted by atomic mass is 9.87. The molecule has 8 heteroatoms. The van der Waals surface area contributed by atoms with Crippen LogP contribution in [0.3, 0.4) is 0 Å². The molecule has 2 rings (SSSR count). The first-order chi connectivity index (χ1) is 10.8. The molecule has 1 aromatic carbocycles. The molecule has 23 heavy (non-hydrogen) atoms. The van der Waals surface area contributed by atoms with Crippen molar-refractivity contribution in [1.82, 2.24) is 0 Å². The summed E-state index contributed by atoms with van der Waals surface area (Å²) in [7, 11) is -4.63. The van der Waals surface area contributed by atoms with E-state index >= 15 is 0 Å². The van der Waals surface area contributed by atoms with Gasteiger partial charge in [-0.15, -0.1) is 0 Å². The summed E-state index contributed by atoms with van der Waals surface area (Å²) in [6.45, 7) is 0.254. The number of ether oxygens (including phenoxy) is 1. The highest BCUT2D eigenvalue weighted by atomic mass is 35.5. The lowest BCUT2D eigenvalue weighted by Crippen LogP contribution is -2.13. The number of hydrogen-bond donors (Lipinski definition) is 1. The molecule has 1 N–H and O–H groups in total. The van der Waals surface area contributed by atoms with Gasteiger partial charge in [0.2, 0.25) is 0 Å². The smallest absolute Gasteiger partial charge is 0.339 e. The number of esters is 1. The quantitative estimate of drug-likeness (QED) is 0.605. The van der Waals surface area contributed by atoms with Gasteiger partial charge in [0, 0.05) is 0 Å². The van der Waals surface area contributed by atoms with Gasteiger partial charge in [0.15, 0.2) is 0 Å². The van der Waals surface area contributed by atoms with E-state index < -0.39 is 26.0 Å². The zero-order valence-electron chi connectivity index (χ0n) is 12.4. The Morgan fingerprint density at radius 2 is 1.87 bits per heavy atom. The fraction of sp³-hybridized carbons (Fsp3) is 0.533. The fourth-order valence-corrected chi connectivity index (χ4v) is 4.48. The van der Waals surface area contributed by atoms with Crippen LogP contribution in [0.4, 0.5) is 0 Å². The molecule has 0 amide bonds. The summed E-state index contributed by atoms with van der Waals surface area (Å²) < 4.78 is 36.9. The SMILES string of the molecule is O=C(OCCC1CCCCC1)c1ccc(Cl)c(S(=O)(=O)O)c1Cl. The summed E-state index contributed by atoms with van der Waals surface area (Å²) in [5.74, 6) is -0.169. The maximum atomic E-state index is 12.1. The first-order valence-corrected chi connectivity index (χ1v) is 9.63. The summed E-state index contributed by atoms with van der Waals surface area (Å²) in [6.07, 6.45) is 6.74. The highest BCUT2D eigenvalue weighted by Crippen LogP contribution is 2.32. The standard InChI is InChI=1S/C15H18Cl2O5S/c16-12-7-6-11(13(17)14(12)23(19,20)21)15(18)22-9-8-10-4-2-1-3-5-10/h6-7,10H,1-5,8-9H2,(H,19,20,21). The van der Waals surface area contributed by atoms with Crippen molar-refractivity contribution in [3.8, 4) is 0 Å². The maximum absolute atomic E-state index is 12.1. The molecule has 0 aliphatic heterocycles. The molecule has 0 aromatic heterocycles. The van der Waals surface area contributed by atoms with Crippen LogP contribution in [0.25, 0.3) is 0 Å². The van der Waals surface area contributed by atoms with Crippen LogP contribution < -0.4 is 0 Å². The Bertz CT molecular complexity index is 681. The van der Waals surface area contributed by atoms with Crippen LogP contribution in [0.1, 0.15) is 48.9 Å². The van der Waals surface area contributed by atoms with Gasteiger partial charge in [0.1, 0.15) is 4.90 Å². The molecule has 1 aliphatic rings. The topological polar surface area (TPSA) is 80.7 Å². The molecule has 0 saturated heterocycles. The van der Waals surface area contributed by atoms with Crippen molar-refractivity contribution in [2.24, 2.45) is 5.92 Å². The van der Waals surface area contributed by atoms with Gasteiger partial charge in [-0.3, -0.25) is 4.55 Å². The van der Waals surface area contributed by atoms with E-state index in [4.69, 9.17) is 32.5 Å². The Hall–Kier alpha value is -0.820. The van der Waals surface area contributed by atoms with Crippen molar-refractivity contribution in [1.29, 1.82) is 0 Å². The van der Waals surface area contributed by atoms with Crippen molar-refractivity contribution < 1.29 is 22.5 Å². The first-order valence-electron chi connectivity index (χ1n) is 7.43. The number of carbonyl (C=O) groups is 1. The second-order valence-electron chi connectivity index (χ2n) is 5.64. The van der Waals surface area contributed by atoms with E-state index in [1.807, 2.05) is 0 Å². The third-order valence-corrected chi connectivity index (χ3v) is 5.88. The predicted molar refractivity (Wildman–Crippen MR) is 87.8 cm³/mol. The summed E-state index contributed by atoms with van der Waals surface area (Å²) in [6, 6.07) is 2.47. The Balaban J connectivity index is 2.05. The molecule has 1 aromatic rings. The molecule has 1 aliphatic carbocycles. The number of hydrogen-bond acceptors (Lipinski definition) is 4. The number of rotatable bonds is 5. The minimum absolute atomic E-state index is 0.132. The van der Waals surface area contributed by atoms with Crippen molar-refractivity contribution in [3.05, 3.63) is 27.7 Å². The van der Waals surface area contributed by atoms with Gasteiger partial charge >= 0.3 is 5.97 Å². The summed E-state index contributed by atoms with van der Waals surface area (Å²) in [5, 5.41) is -0.682. The van der Waals surface area contributed by atoms with E-state index in [0.29, 0.717) is 5.92 Å². The zero-order chi connectivity index (χ0) is 17.0. The van der Waals surface area contributed by atoms with Gasteiger partial charge in [-0.25, -0.2) is 4.79 Å². The van der Waals surface area contributed by atoms with Crippen LogP contribution in [0, 0.1) is 5.92 Å². The Labute approximate surface area is 145 Å². The molecule has 0 radical (unpaired) electrons. The molecule has 0 unspecified atom stereocenters. The molecule has 0 spiro atoms. The van der Waals surface area contributed by atoms with Crippen molar-refractivity contribution in [3.63, 3.8) is 0 Å². The van der Waals surface area contributed by atoms with Gasteiger partial charge in [0.05, 0.1) is 22.2 Å². The molecular formula is C15H18Cl2O5S. The van der Waals surface area contributed by atoms with Crippen LogP contribution in [-0.2, 0) is 14.9 Å². The van der Waals surface area contributed by atoms with E-state index in [1.165, 1.54) is 31.4 Å². The second kappa shape index (κ2) is 7.83. The minimum atomic E-state index is -4.63. The van der Waals surface area contributed by atoms with Crippen LogP contribution in [0.15, 0.2) is 17.0 Å². The fourth-order valence-electron chi connectivity index (χ4n) is 2.80. The first kappa shape index (κ1) is 18.5. The largest absolute Gasteiger partial charge is 0.462 e. The number of carbonyl (C=O) groups excluding carboxylic acids is 1. The molecule has 128 valence electrons. The van der Waals surface area contributed by atoms with Crippen molar-refractivity contribution in [2.45, 2.75) is 43.4 Å².